The van der Waals surface area contributed by atoms with Gasteiger partial charge in [0.15, 0.2) is 5.16 Å². The molecule has 0 amide bonds. The van der Waals surface area contributed by atoms with Crippen LogP contribution in [0.4, 0.5) is 5.82 Å². The molecule has 0 spiro atoms. The van der Waals surface area contributed by atoms with Crippen LogP contribution in [0.25, 0.3) is 0 Å². The van der Waals surface area contributed by atoms with Gasteiger partial charge in [-0.15, -0.1) is 0 Å². The third kappa shape index (κ3) is 5.39. The van der Waals surface area contributed by atoms with Crippen LogP contribution in [0.5, 0.6) is 0 Å². The lowest BCUT2D eigenvalue weighted by atomic mass is 10.1. The molecule has 0 aliphatic carbocycles. The van der Waals surface area contributed by atoms with Crippen molar-refractivity contribution < 1.29 is 5.11 Å². The minimum Gasteiger partial charge on any atom is -0.387 e. The summed E-state index contributed by atoms with van der Waals surface area (Å²) in [5, 5.41) is 14.2. The summed E-state index contributed by atoms with van der Waals surface area (Å²) in [4.78, 5) is 10.3. The Hall–Kier alpha value is -0.560. The van der Waals surface area contributed by atoms with E-state index in [9.17, 15) is 5.11 Å². The first kappa shape index (κ1) is 15.5. The predicted octanol–water partition coefficient (Wildman–Crippen LogP) is 1.58. The number of hydrogen-bond acceptors (Lipinski definition) is 6. The fraction of sp³-hybridized carbons (Fsp3) is 0.636. The van der Waals surface area contributed by atoms with Crippen LogP contribution in [0.15, 0.2) is 11.2 Å². The van der Waals surface area contributed by atoms with Crippen molar-refractivity contribution in [2.75, 3.05) is 38.8 Å². The maximum atomic E-state index is 10.2. The van der Waals surface area contributed by atoms with E-state index in [-0.39, 0.29) is 0 Å². The lowest BCUT2D eigenvalue weighted by Gasteiger charge is -2.27. The molecule has 1 atom stereocenters. The number of likely N-dealkylation sites (N-methyl/N-ethyl adjacent to an activating group) is 1. The monoisotopic (exact) mass is 290 g/mol. The van der Waals surface area contributed by atoms with Crippen LogP contribution in [0.3, 0.4) is 0 Å². The number of nitrogens with one attached hydrogen (secondary N) is 1. The predicted molar refractivity (Wildman–Crippen MR) is 76.5 cm³/mol. The molecule has 1 rings (SSSR count). The number of aliphatic hydroxyl groups is 1. The Kier molecular flexibility index (Phi) is 5.65. The maximum Gasteiger partial charge on any atom is 0.190 e. The van der Waals surface area contributed by atoms with E-state index in [1.807, 2.05) is 25.3 Å². The standard InChI is InChI=1S/C11H19ClN4OS/c1-11(17,7-16(2)3)6-13-9-5-8(12)14-10(15-9)18-4/h5,17H,6-7H2,1-4H3,(H,13,14,15). The summed E-state index contributed by atoms with van der Waals surface area (Å²) in [6, 6.07) is 1.65. The molecule has 0 radical (unpaired) electrons. The molecule has 18 heavy (non-hydrogen) atoms. The lowest BCUT2D eigenvalue weighted by Crippen LogP contribution is -2.43. The van der Waals surface area contributed by atoms with Crippen molar-refractivity contribution in [3.8, 4) is 0 Å². The number of nitrogens with zero attached hydrogens (tertiary/aromatic N) is 3. The molecule has 102 valence electrons. The topological polar surface area (TPSA) is 61.3 Å². The van der Waals surface area contributed by atoms with Crippen LogP contribution < -0.4 is 5.32 Å². The summed E-state index contributed by atoms with van der Waals surface area (Å²) in [6.45, 7) is 2.73. The van der Waals surface area contributed by atoms with Gasteiger partial charge in [-0.2, -0.15) is 0 Å². The fourth-order valence-corrected chi connectivity index (χ4v) is 2.21. The first-order valence-electron chi connectivity index (χ1n) is 5.52. The third-order valence-electron chi connectivity index (χ3n) is 2.16. The molecule has 0 aliphatic rings. The quantitative estimate of drug-likeness (QED) is 0.471. The van der Waals surface area contributed by atoms with Gasteiger partial charge in [-0.05, 0) is 27.3 Å². The van der Waals surface area contributed by atoms with Gasteiger partial charge in [0, 0.05) is 19.2 Å². The van der Waals surface area contributed by atoms with Crippen LogP contribution in [0, 0.1) is 0 Å². The Morgan fingerprint density at radius 3 is 2.72 bits per heavy atom. The number of thioether (sulfide) groups is 1. The van der Waals surface area contributed by atoms with Crippen molar-refractivity contribution >= 4 is 29.2 Å². The summed E-state index contributed by atoms with van der Waals surface area (Å²) >= 11 is 7.31. The number of aromatic nitrogens is 2. The van der Waals surface area contributed by atoms with Gasteiger partial charge in [0.1, 0.15) is 11.0 Å². The molecule has 0 saturated heterocycles. The van der Waals surface area contributed by atoms with E-state index < -0.39 is 5.60 Å². The molecular formula is C11H19ClN4OS. The van der Waals surface area contributed by atoms with Crippen LogP contribution in [-0.4, -0.2) is 59.0 Å². The molecule has 5 nitrogen and oxygen atoms in total. The molecule has 0 aliphatic heterocycles. The molecule has 1 heterocycles. The molecule has 0 fully saturated rings. The van der Waals surface area contributed by atoms with E-state index in [0.717, 1.165) is 0 Å². The molecule has 0 bridgehead atoms. The van der Waals surface area contributed by atoms with E-state index in [1.165, 1.54) is 11.8 Å². The summed E-state index contributed by atoms with van der Waals surface area (Å²) in [7, 11) is 3.84. The average Bonchev–Trinajstić information content (AvgIpc) is 2.24. The Balaban J connectivity index is 2.65. The van der Waals surface area contributed by atoms with E-state index in [0.29, 0.717) is 29.2 Å². The van der Waals surface area contributed by atoms with E-state index in [2.05, 4.69) is 15.3 Å². The van der Waals surface area contributed by atoms with E-state index in [1.54, 1.807) is 13.0 Å². The van der Waals surface area contributed by atoms with Crippen molar-refractivity contribution in [1.29, 1.82) is 0 Å². The van der Waals surface area contributed by atoms with Crippen molar-refractivity contribution in [3.05, 3.63) is 11.2 Å². The van der Waals surface area contributed by atoms with Crippen LogP contribution >= 0.6 is 23.4 Å². The number of hydrogen-bond donors (Lipinski definition) is 2. The summed E-state index contributed by atoms with van der Waals surface area (Å²) in [5.41, 5.74) is -0.833. The lowest BCUT2D eigenvalue weighted by molar-refractivity contribution is 0.0459. The third-order valence-corrected chi connectivity index (χ3v) is 2.91. The van der Waals surface area contributed by atoms with Crippen LogP contribution in [0.1, 0.15) is 6.92 Å². The zero-order chi connectivity index (χ0) is 13.8. The second-order valence-electron chi connectivity index (χ2n) is 4.65. The van der Waals surface area contributed by atoms with Crippen LogP contribution in [0.2, 0.25) is 5.15 Å². The van der Waals surface area contributed by atoms with E-state index in [4.69, 9.17) is 11.6 Å². The first-order chi connectivity index (χ1) is 8.32. The smallest absolute Gasteiger partial charge is 0.190 e. The zero-order valence-corrected chi connectivity index (χ0v) is 12.6. The highest BCUT2D eigenvalue weighted by Crippen LogP contribution is 2.17. The highest BCUT2D eigenvalue weighted by Gasteiger charge is 2.21. The van der Waals surface area contributed by atoms with Gasteiger partial charge in [-0.25, -0.2) is 9.97 Å². The van der Waals surface area contributed by atoms with Crippen molar-refractivity contribution in [1.82, 2.24) is 14.9 Å². The molecule has 0 saturated carbocycles. The molecule has 7 heteroatoms. The highest BCUT2D eigenvalue weighted by atomic mass is 35.5. The number of rotatable bonds is 6. The van der Waals surface area contributed by atoms with Gasteiger partial charge in [-0.1, -0.05) is 23.4 Å². The highest BCUT2D eigenvalue weighted by molar-refractivity contribution is 7.98. The Morgan fingerprint density at radius 1 is 1.50 bits per heavy atom. The van der Waals surface area contributed by atoms with Gasteiger partial charge >= 0.3 is 0 Å². The zero-order valence-electron chi connectivity index (χ0n) is 11.1. The van der Waals surface area contributed by atoms with Crippen molar-refractivity contribution in [2.45, 2.75) is 17.7 Å². The second kappa shape index (κ2) is 6.56. The fourth-order valence-electron chi connectivity index (χ4n) is 1.60. The van der Waals surface area contributed by atoms with Gasteiger partial charge in [0.25, 0.3) is 0 Å². The molecular weight excluding hydrogens is 272 g/mol. The number of anilines is 1. The van der Waals surface area contributed by atoms with Gasteiger partial charge in [0.05, 0.1) is 5.60 Å². The molecule has 1 aromatic rings. The summed E-state index contributed by atoms with van der Waals surface area (Å²) in [5.74, 6) is 0.624. The Morgan fingerprint density at radius 2 is 2.17 bits per heavy atom. The average molecular weight is 291 g/mol. The van der Waals surface area contributed by atoms with Crippen molar-refractivity contribution in [3.63, 3.8) is 0 Å². The Bertz CT molecular complexity index is 401. The van der Waals surface area contributed by atoms with Crippen molar-refractivity contribution in [2.24, 2.45) is 0 Å². The SMILES string of the molecule is CSc1nc(Cl)cc(NCC(C)(O)CN(C)C)n1. The molecule has 0 aromatic carbocycles. The maximum absolute atomic E-state index is 10.2. The second-order valence-corrected chi connectivity index (χ2v) is 5.81. The normalized spacial score (nSPS) is 14.6. The minimum absolute atomic E-state index is 0.393. The van der Waals surface area contributed by atoms with Gasteiger partial charge < -0.3 is 15.3 Å². The van der Waals surface area contributed by atoms with Gasteiger partial charge in [-0.3, -0.25) is 0 Å². The molecule has 1 unspecified atom stereocenters. The van der Waals surface area contributed by atoms with E-state index >= 15 is 0 Å². The molecule has 1 aromatic heterocycles. The summed E-state index contributed by atoms with van der Waals surface area (Å²) in [6.07, 6.45) is 1.89. The Labute approximate surface area is 117 Å². The largest absolute Gasteiger partial charge is 0.387 e. The number of halogens is 1. The first-order valence-corrected chi connectivity index (χ1v) is 7.12. The minimum atomic E-state index is -0.833. The molecule has 2 N–H and O–H groups in total. The van der Waals surface area contributed by atoms with Gasteiger partial charge in [0.2, 0.25) is 0 Å². The van der Waals surface area contributed by atoms with Crippen LogP contribution in [-0.2, 0) is 0 Å². The summed E-state index contributed by atoms with van der Waals surface area (Å²) < 4.78 is 0.